The summed E-state index contributed by atoms with van der Waals surface area (Å²) in [6, 6.07) is 0. The summed E-state index contributed by atoms with van der Waals surface area (Å²) in [7, 11) is 0. The highest BCUT2D eigenvalue weighted by Crippen LogP contribution is 2.18. The maximum atomic E-state index is 11.9. The number of carboxylic acids is 1. The van der Waals surface area contributed by atoms with Crippen molar-refractivity contribution in [2.24, 2.45) is 0 Å². The summed E-state index contributed by atoms with van der Waals surface area (Å²) >= 11 is 0. The lowest BCUT2D eigenvalue weighted by Crippen LogP contribution is -2.18. The van der Waals surface area contributed by atoms with Crippen molar-refractivity contribution in [3.8, 4) is 0 Å². The third kappa shape index (κ3) is 4.80. The zero-order valence-corrected chi connectivity index (χ0v) is 11.1. The predicted octanol–water partition coefficient (Wildman–Crippen LogP) is 2.07. The summed E-state index contributed by atoms with van der Waals surface area (Å²) in [6.07, 6.45) is -4.05. The van der Waals surface area contributed by atoms with Crippen molar-refractivity contribution in [1.29, 1.82) is 0 Å². The number of aromatic carboxylic acids is 1. The topological polar surface area (TPSA) is 77.2 Å². The maximum Gasteiger partial charge on any atom is 0.411 e. The molecule has 0 amide bonds. The van der Waals surface area contributed by atoms with Crippen molar-refractivity contribution in [3.05, 3.63) is 11.4 Å². The number of carboxylic acid groups (broad SMARTS) is 1. The molecule has 1 rings (SSSR count). The normalized spacial score (nSPS) is 12.1. The first-order valence-corrected chi connectivity index (χ1v) is 6.03. The van der Waals surface area contributed by atoms with E-state index in [1.165, 1.54) is 4.68 Å². The van der Waals surface area contributed by atoms with E-state index in [0.717, 1.165) is 0 Å². The highest BCUT2D eigenvalue weighted by atomic mass is 19.4. The lowest BCUT2D eigenvalue weighted by Gasteiger charge is -2.10. The van der Waals surface area contributed by atoms with Gasteiger partial charge in [0.1, 0.15) is 6.61 Å². The SMILES string of the molecule is CC(C)c1c(C(=O)O)nnn1CCCOCC(F)(F)F. The predicted molar refractivity (Wildman–Crippen MR) is 62.6 cm³/mol. The number of halogens is 3. The Morgan fingerprint density at radius 1 is 1.45 bits per heavy atom. The van der Waals surface area contributed by atoms with E-state index in [4.69, 9.17) is 5.11 Å². The minimum atomic E-state index is -4.34. The van der Waals surface area contributed by atoms with Crippen molar-refractivity contribution in [2.45, 2.75) is 38.9 Å². The summed E-state index contributed by atoms with van der Waals surface area (Å²) in [6.45, 7) is 2.47. The van der Waals surface area contributed by atoms with Gasteiger partial charge in [-0.1, -0.05) is 19.1 Å². The van der Waals surface area contributed by atoms with Crippen molar-refractivity contribution in [1.82, 2.24) is 15.0 Å². The molecular formula is C11H16F3N3O3. The number of carbonyl (C=O) groups is 1. The van der Waals surface area contributed by atoms with Gasteiger partial charge < -0.3 is 9.84 Å². The Bertz CT molecular complexity index is 458. The van der Waals surface area contributed by atoms with E-state index >= 15 is 0 Å². The van der Waals surface area contributed by atoms with Gasteiger partial charge in [-0.3, -0.25) is 0 Å². The van der Waals surface area contributed by atoms with Crippen LogP contribution in [0.1, 0.15) is 42.4 Å². The first-order chi connectivity index (χ1) is 9.22. The van der Waals surface area contributed by atoms with Gasteiger partial charge in [0.25, 0.3) is 0 Å². The van der Waals surface area contributed by atoms with E-state index in [-0.39, 0.29) is 31.2 Å². The summed E-state index contributed by atoms with van der Waals surface area (Å²) in [5.74, 6) is -1.28. The molecule has 1 N–H and O–H groups in total. The second kappa shape index (κ2) is 6.69. The second-order valence-corrected chi connectivity index (χ2v) is 4.53. The molecule has 0 atom stereocenters. The molecule has 1 aromatic heterocycles. The largest absolute Gasteiger partial charge is 0.476 e. The monoisotopic (exact) mass is 295 g/mol. The van der Waals surface area contributed by atoms with Crippen LogP contribution >= 0.6 is 0 Å². The summed E-state index contributed by atoms with van der Waals surface area (Å²) in [5.41, 5.74) is 0.324. The molecule has 0 aliphatic heterocycles. The molecule has 20 heavy (non-hydrogen) atoms. The average Bonchev–Trinajstić information content (AvgIpc) is 2.71. The van der Waals surface area contributed by atoms with Crippen LogP contribution in [0.3, 0.4) is 0 Å². The molecule has 0 bridgehead atoms. The fraction of sp³-hybridized carbons (Fsp3) is 0.727. The molecule has 1 heterocycles. The maximum absolute atomic E-state index is 11.9. The third-order valence-electron chi connectivity index (χ3n) is 2.45. The standard InChI is InChI=1S/C11H16F3N3O3/c1-7(2)9-8(10(18)19)15-16-17(9)4-3-5-20-6-11(12,13)14/h7H,3-6H2,1-2H3,(H,18,19). The fourth-order valence-electron chi connectivity index (χ4n) is 1.71. The molecule has 0 saturated heterocycles. The van der Waals surface area contributed by atoms with Crippen LogP contribution in [0.15, 0.2) is 0 Å². The quantitative estimate of drug-likeness (QED) is 0.779. The summed E-state index contributed by atoms with van der Waals surface area (Å²) in [4.78, 5) is 11.0. The van der Waals surface area contributed by atoms with E-state index in [9.17, 15) is 18.0 Å². The van der Waals surface area contributed by atoms with E-state index in [1.807, 2.05) is 0 Å². The minimum Gasteiger partial charge on any atom is -0.476 e. The van der Waals surface area contributed by atoms with Crippen LogP contribution in [0.4, 0.5) is 13.2 Å². The van der Waals surface area contributed by atoms with Crippen LogP contribution in [-0.4, -0.2) is 45.5 Å². The average molecular weight is 295 g/mol. The van der Waals surface area contributed by atoms with Crippen LogP contribution < -0.4 is 0 Å². The Labute approximate surface area is 113 Å². The van der Waals surface area contributed by atoms with E-state index in [2.05, 4.69) is 15.0 Å². The molecule has 9 heteroatoms. The van der Waals surface area contributed by atoms with Gasteiger partial charge in [-0.2, -0.15) is 13.2 Å². The van der Waals surface area contributed by atoms with Crippen molar-refractivity contribution in [3.63, 3.8) is 0 Å². The molecule has 0 fully saturated rings. The van der Waals surface area contributed by atoms with Crippen LogP contribution in [0.2, 0.25) is 0 Å². The minimum absolute atomic E-state index is 0.0840. The molecule has 0 radical (unpaired) electrons. The molecule has 0 unspecified atom stereocenters. The smallest absolute Gasteiger partial charge is 0.411 e. The van der Waals surface area contributed by atoms with Crippen LogP contribution in [0, 0.1) is 0 Å². The van der Waals surface area contributed by atoms with Gasteiger partial charge in [-0.25, -0.2) is 9.48 Å². The lowest BCUT2D eigenvalue weighted by molar-refractivity contribution is -0.174. The van der Waals surface area contributed by atoms with Crippen molar-refractivity contribution in [2.75, 3.05) is 13.2 Å². The number of hydrogen-bond donors (Lipinski definition) is 1. The van der Waals surface area contributed by atoms with E-state index in [1.54, 1.807) is 13.8 Å². The third-order valence-corrected chi connectivity index (χ3v) is 2.45. The molecule has 0 saturated carbocycles. The number of rotatable bonds is 7. The Hall–Kier alpha value is -1.64. The highest BCUT2D eigenvalue weighted by Gasteiger charge is 2.27. The van der Waals surface area contributed by atoms with Crippen LogP contribution in [-0.2, 0) is 11.3 Å². The zero-order valence-electron chi connectivity index (χ0n) is 11.1. The Balaban J connectivity index is 2.54. The lowest BCUT2D eigenvalue weighted by atomic mass is 10.1. The first-order valence-electron chi connectivity index (χ1n) is 6.03. The van der Waals surface area contributed by atoms with Gasteiger partial charge in [0.2, 0.25) is 0 Å². The summed E-state index contributed by atoms with van der Waals surface area (Å²) in [5, 5.41) is 16.2. The number of aromatic nitrogens is 3. The molecule has 0 aliphatic carbocycles. The van der Waals surface area contributed by atoms with Gasteiger partial charge in [0.15, 0.2) is 5.69 Å². The number of ether oxygens (including phenoxy) is 1. The van der Waals surface area contributed by atoms with Gasteiger partial charge in [0, 0.05) is 13.2 Å². The molecule has 114 valence electrons. The molecule has 0 aliphatic rings. The second-order valence-electron chi connectivity index (χ2n) is 4.53. The number of aryl methyl sites for hydroxylation is 1. The number of alkyl halides is 3. The Morgan fingerprint density at radius 2 is 2.10 bits per heavy atom. The van der Waals surface area contributed by atoms with Crippen LogP contribution in [0.25, 0.3) is 0 Å². The van der Waals surface area contributed by atoms with Crippen molar-refractivity contribution >= 4 is 5.97 Å². The zero-order chi connectivity index (χ0) is 15.3. The number of hydrogen-bond acceptors (Lipinski definition) is 4. The highest BCUT2D eigenvalue weighted by molar-refractivity contribution is 5.86. The first kappa shape index (κ1) is 16.4. The Kier molecular flexibility index (Phi) is 5.49. The van der Waals surface area contributed by atoms with E-state index in [0.29, 0.717) is 5.69 Å². The summed E-state index contributed by atoms with van der Waals surface area (Å²) < 4.78 is 41.4. The molecule has 0 spiro atoms. The van der Waals surface area contributed by atoms with Gasteiger partial charge >= 0.3 is 12.1 Å². The van der Waals surface area contributed by atoms with Gasteiger partial charge in [-0.05, 0) is 12.3 Å². The molecular weight excluding hydrogens is 279 g/mol. The molecule has 6 nitrogen and oxygen atoms in total. The van der Waals surface area contributed by atoms with Gasteiger partial charge in [0.05, 0.1) is 5.69 Å². The molecule has 0 aromatic carbocycles. The fourth-order valence-corrected chi connectivity index (χ4v) is 1.71. The van der Waals surface area contributed by atoms with Crippen LogP contribution in [0.5, 0.6) is 0 Å². The van der Waals surface area contributed by atoms with Gasteiger partial charge in [-0.15, -0.1) is 5.10 Å². The van der Waals surface area contributed by atoms with Crippen molar-refractivity contribution < 1.29 is 27.8 Å². The Morgan fingerprint density at radius 3 is 2.60 bits per heavy atom. The number of nitrogens with zero attached hydrogens (tertiary/aromatic N) is 3. The van der Waals surface area contributed by atoms with E-state index < -0.39 is 18.8 Å². The molecule has 1 aromatic rings.